The average molecular weight is 551 g/mol. The number of hydrogen-bond donors (Lipinski definition) is 1. The number of phenols is 1. The fourth-order valence-corrected chi connectivity index (χ4v) is 8.00. The van der Waals surface area contributed by atoms with Gasteiger partial charge in [0, 0.05) is 28.8 Å². The summed E-state index contributed by atoms with van der Waals surface area (Å²) in [7, 11) is 2.12. The Morgan fingerprint density at radius 2 is 1.88 bits per heavy atom. The topological polar surface area (TPSA) is 71.9 Å². The van der Waals surface area contributed by atoms with Gasteiger partial charge in [0.15, 0.2) is 17.6 Å². The minimum Gasteiger partial charge on any atom is -0.504 e. The molecular formula is C33H27ClN2O4. The van der Waals surface area contributed by atoms with Crippen molar-refractivity contribution in [2.45, 2.75) is 42.4 Å². The van der Waals surface area contributed by atoms with Crippen LogP contribution in [0.5, 0.6) is 11.5 Å². The van der Waals surface area contributed by atoms with Gasteiger partial charge in [-0.15, -0.1) is 0 Å². The molecule has 8 rings (SSSR count). The van der Waals surface area contributed by atoms with Crippen molar-refractivity contribution in [3.63, 3.8) is 0 Å². The fourth-order valence-electron chi connectivity index (χ4n) is 7.87. The minimum atomic E-state index is -0.920. The van der Waals surface area contributed by atoms with Crippen molar-refractivity contribution in [3.05, 3.63) is 112 Å². The maximum Gasteiger partial charge on any atom is 0.338 e. The van der Waals surface area contributed by atoms with E-state index in [-0.39, 0.29) is 17.8 Å². The van der Waals surface area contributed by atoms with E-state index in [4.69, 9.17) is 26.1 Å². The Balaban J connectivity index is 1.37. The van der Waals surface area contributed by atoms with E-state index >= 15 is 0 Å². The van der Waals surface area contributed by atoms with E-state index in [9.17, 15) is 9.90 Å². The molecule has 0 amide bonds. The normalized spacial score (nSPS) is 27.4. The lowest BCUT2D eigenvalue weighted by Crippen LogP contribution is -2.75. The molecule has 6 nitrogen and oxygen atoms in total. The van der Waals surface area contributed by atoms with Crippen LogP contribution < -0.4 is 4.74 Å². The standard InChI is InChI=1S/C33H27ClN2O4/c1-36-14-13-32-27-21-9-12-25(37)29(27)39-30(32)28-22(15-23(18-35-28)19-7-10-24(34)11-8-19)17-33(32,26(36)16-21)40-31(38)20-5-3-2-4-6-20/h2-12,15,18,26,30,37H,13-14,16-17H2,1H3/t26?,30-,32-,33+/m0/s1. The number of likely N-dealkylation sites (tertiary alicyclic amines) is 1. The first-order valence-corrected chi connectivity index (χ1v) is 14.0. The fraction of sp³-hybridized carbons (Fsp3) is 0.273. The Labute approximate surface area is 237 Å². The van der Waals surface area contributed by atoms with Gasteiger partial charge in [-0.2, -0.15) is 0 Å². The van der Waals surface area contributed by atoms with Crippen LogP contribution in [0.25, 0.3) is 11.1 Å². The second-order valence-electron chi connectivity index (χ2n) is 11.5. The maximum absolute atomic E-state index is 13.9. The van der Waals surface area contributed by atoms with E-state index in [1.807, 2.05) is 54.7 Å². The van der Waals surface area contributed by atoms with Crippen LogP contribution in [0.2, 0.25) is 5.02 Å². The molecule has 0 radical (unpaired) electrons. The summed E-state index contributed by atoms with van der Waals surface area (Å²) < 4.78 is 13.5. The Kier molecular flexibility index (Phi) is 4.99. The van der Waals surface area contributed by atoms with Gasteiger partial charge in [-0.3, -0.25) is 9.88 Å². The summed E-state index contributed by atoms with van der Waals surface area (Å²) in [6.45, 7) is 0.821. The van der Waals surface area contributed by atoms with Crippen LogP contribution in [0.15, 0.2) is 79.0 Å². The average Bonchev–Trinajstić information content (AvgIpc) is 3.33. The Morgan fingerprint density at radius 1 is 1.07 bits per heavy atom. The molecule has 4 atom stereocenters. The lowest BCUT2D eigenvalue weighted by molar-refractivity contribution is -0.171. The van der Waals surface area contributed by atoms with E-state index in [1.165, 1.54) is 0 Å². The summed E-state index contributed by atoms with van der Waals surface area (Å²) in [5.41, 5.74) is 4.85. The van der Waals surface area contributed by atoms with Crippen LogP contribution in [-0.2, 0) is 23.0 Å². The van der Waals surface area contributed by atoms with Crippen LogP contribution in [-0.4, -0.2) is 46.2 Å². The van der Waals surface area contributed by atoms with Gasteiger partial charge in [0.05, 0.1) is 22.7 Å². The van der Waals surface area contributed by atoms with Crippen LogP contribution in [0.4, 0.5) is 0 Å². The number of ether oxygens (including phenoxy) is 2. The number of piperidine rings is 1. The lowest BCUT2D eigenvalue weighted by atomic mass is 9.48. The molecule has 2 aliphatic heterocycles. The quantitative estimate of drug-likeness (QED) is 0.321. The Hall–Kier alpha value is -3.87. The molecule has 1 aromatic heterocycles. The van der Waals surface area contributed by atoms with Gasteiger partial charge in [0.25, 0.3) is 0 Å². The van der Waals surface area contributed by atoms with Crippen LogP contribution in [0, 0.1) is 0 Å². The summed E-state index contributed by atoms with van der Waals surface area (Å²) in [4.78, 5) is 21.2. The Bertz CT molecular complexity index is 1690. The number of benzene rings is 3. The number of halogens is 1. The highest BCUT2D eigenvalue weighted by molar-refractivity contribution is 6.30. The first-order chi connectivity index (χ1) is 19.4. The molecule has 7 heteroatoms. The predicted molar refractivity (Wildman–Crippen MR) is 151 cm³/mol. The number of aromatic hydroxyl groups is 1. The molecule has 1 unspecified atom stereocenters. The van der Waals surface area contributed by atoms with Crippen LogP contribution >= 0.6 is 11.6 Å². The molecule has 1 fully saturated rings. The number of esters is 1. The van der Waals surface area contributed by atoms with Crippen molar-refractivity contribution in [1.82, 2.24) is 9.88 Å². The number of nitrogens with zero attached hydrogens (tertiary/aromatic N) is 2. The number of fused-ring (bicyclic) bond motifs is 2. The molecule has 3 aromatic carbocycles. The van der Waals surface area contributed by atoms with Crippen LogP contribution in [0.3, 0.4) is 0 Å². The second-order valence-corrected chi connectivity index (χ2v) is 11.9. The van der Waals surface area contributed by atoms with E-state index in [2.05, 4.69) is 18.0 Å². The highest BCUT2D eigenvalue weighted by atomic mass is 35.5. The monoisotopic (exact) mass is 550 g/mol. The van der Waals surface area contributed by atoms with Crippen molar-refractivity contribution in [1.29, 1.82) is 0 Å². The number of likely N-dealkylation sites (N-methyl/N-ethyl adjacent to an activating group) is 1. The molecule has 3 heterocycles. The SMILES string of the molecule is CN1CC[C@]23c4c5ccc(O)c4O[C@H]2c2ncc(-c4ccc(Cl)cc4)cc2C[C@@]3(OC(=O)c2ccccc2)C1C5. The molecule has 2 aliphatic carbocycles. The number of pyridine rings is 1. The number of rotatable bonds is 3. The zero-order chi connectivity index (χ0) is 27.2. The zero-order valence-corrected chi connectivity index (χ0v) is 22.7. The predicted octanol–water partition coefficient (Wildman–Crippen LogP) is 5.89. The van der Waals surface area contributed by atoms with E-state index in [0.29, 0.717) is 29.2 Å². The van der Waals surface area contributed by atoms with Crippen molar-refractivity contribution in [3.8, 4) is 22.6 Å². The van der Waals surface area contributed by atoms with Gasteiger partial charge < -0.3 is 14.6 Å². The number of carbonyl (C=O) groups excluding carboxylic acids is 1. The third-order valence-electron chi connectivity index (χ3n) is 9.61. The van der Waals surface area contributed by atoms with E-state index < -0.39 is 17.1 Å². The molecule has 4 aromatic rings. The Morgan fingerprint density at radius 3 is 2.67 bits per heavy atom. The molecule has 40 heavy (non-hydrogen) atoms. The highest BCUT2D eigenvalue weighted by Crippen LogP contribution is 2.69. The largest absolute Gasteiger partial charge is 0.504 e. The third kappa shape index (κ3) is 3.03. The van der Waals surface area contributed by atoms with Crippen molar-refractivity contribution >= 4 is 17.6 Å². The number of aromatic nitrogens is 1. The van der Waals surface area contributed by atoms with Crippen LogP contribution in [0.1, 0.15) is 45.3 Å². The first kappa shape index (κ1) is 24.0. The van der Waals surface area contributed by atoms with Crippen molar-refractivity contribution in [2.75, 3.05) is 13.6 Å². The summed E-state index contributed by atoms with van der Waals surface area (Å²) >= 11 is 6.15. The van der Waals surface area contributed by atoms with Gasteiger partial charge in [-0.1, -0.05) is 48.0 Å². The van der Waals surface area contributed by atoms with E-state index in [0.717, 1.165) is 46.5 Å². The summed E-state index contributed by atoms with van der Waals surface area (Å²) in [6, 6.07) is 22.7. The minimum absolute atomic E-state index is 0.0738. The highest BCUT2D eigenvalue weighted by Gasteiger charge is 2.74. The lowest BCUT2D eigenvalue weighted by Gasteiger charge is -2.63. The van der Waals surface area contributed by atoms with Gasteiger partial charge in [0.1, 0.15) is 5.60 Å². The summed E-state index contributed by atoms with van der Waals surface area (Å²) in [6.07, 6.45) is 3.30. The van der Waals surface area contributed by atoms with E-state index in [1.54, 1.807) is 18.2 Å². The van der Waals surface area contributed by atoms with Crippen molar-refractivity contribution in [2.24, 2.45) is 0 Å². The number of hydrogen-bond acceptors (Lipinski definition) is 6. The maximum atomic E-state index is 13.9. The number of carbonyl (C=O) groups is 1. The summed E-state index contributed by atoms with van der Waals surface area (Å²) in [5.74, 6) is 0.269. The molecule has 1 N–H and O–H groups in total. The molecule has 0 saturated carbocycles. The third-order valence-corrected chi connectivity index (χ3v) is 9.87. The first-order valence-electron chi connectivity index (χ1n) is 13.7. The molecule has 1 spiro atoms. The van der Waals surface area contributed by atoms with Gasteiger partial charge >= 0.3 is 5.97 Å². The molecule has 200 valence electrons. The van der Waals surface area contributed by atoms with Gasteiger partial charge in [-0.05, 0) is 79.5 Å². The molecule has 4 aliphatic rings. The zero-order valence-electron chi connectivity index (χ0n) is 21.9. The van der Waals surface area contributed by atoms with Gasteiger partial charge in [0.2, 0.25) is 0 Å². The second kappa shape index (κ2) is 8.32. The van der Waals surface area contributed by atoms with Gasteiger partial charge in [-0.25, -0.2) is 4.79 Å². The summed E-state index contributed by atoms with van der Waals surface area (Å²) in [5, 5.41) is 11.7. The molecular weight excluding hydrogens is 524 g/mol. The molecule has 2 bridgehead atoms. The smallest absolute Gasteiger partial charge is 0.338 e. The number of phenolic OH excluding ortho intramolecular Hbond substituents is 1. The molecule has 1 saturated heterocycles. The van der Waals surface area contributed by atoms with Crippen molar-refractivity contribution < 1.29 is 19.4 Å².